The van der Waals surface area contributed by atoms with Gasteiger partial charge < -0.3 is 0 Å². The predicted octanol–water partition coefficient (Wildman–Crippen LogP) is 4.52. The third-order valence-corrected chi connectivity index (χ3v) is 5.01. The molecule has 2 rings (SSSR count). The number of carbonyl (C=O) groups is 1. The predicted molar refractivity (Wildman–Crippen MR) is 84.5 cm³/mol. The minimum absolute atomic E-state index is 0.0560. The maximum atomic E-state index is 11.3. The van der Waals surface area contributed by atoms with Crippen LogP contribution < -0.4 is 0 Å². The summed E-state index contributed by atoms with van der Waals surface area (Å²) >= 11 is 4.99. The van der Waals surface area contributed by atoms with Crippen LogP contribution in [-0.4, -0.2) is 15.8 Å². The van der Waals surface area contributed by atoms with Crippen LogP contribution >= 0.6 is 27.7 Å². The van der Waals surface area contributed by atoms with Crippen molar-refractivity contribution >= 4 is 33.5 Å². The molecule has 0 saturated heterocycles. The van der Waals surface area contributed by atoms with E-state index in [2.05, 4.69) is 25.9 Å². The number of ketones is 1. The van der Waals surface area contributed by atoms with Crippen LogP contribution in [0, 0.1) is 20.8 Å². The highest BCUT2D eigenvalue weighted by atomic mass is 79.9. The van der Waals surface area contributed by atoms with E-state index in [-0.39, 0.29) is 5.78 Å². The standard InChI is InChI=1S/C15H15BrN2OS/c1-8-9(2)17-15(18-10(8)3)20-14-6-5-12(11(4)19)7-13(14)16/h5-7H,1-4H3. The fourth-order valence-corrected chi connectivity index (χ4v) is 3.16. The monoisotopic (exact) mass is 350 g/mol. The first kappa shape index (κ1) is 15.2. The number of Topliss-reactive ketones (excluding diaryl/α,β-unsaturated/α-hetero) is 1. The summed E-state index contributed by atoms with van der Waals surface area (Å²) in [4.78, 5) is 21.3. The van der Waals surface area contributed by atoms with Crippen molar-refractivity contribution in [2.75, 3.05) is 0 Å². The van der Waals surface area contributed by atoms with E-state index in [0.717, 1.165) is 31.5 Å². The van der Waals surface area contributed by atoms with Gasteiger partial charge in [0.15, 0.2) is 10.9 Å². The molecule has 0 radical (unpaired) electrons. The van der Waals surface area contributed by atoms with Gasteiger partial charge in [-0.15, -0.1) is 0 Å². The molecule has 1 heterocycles. The summed E-state index contributed by atoms with van der Waals surface area (Å²) in [6, 6.07) is 5.57. The topological polar surface area (TPSA) is 42.9 Å². The van der Waals surface area contributed by atoms with Crippen molar-refractivity contribution in [1.82, 2.24) is 9.97 Å². The van der Waals surface area contributed by atoms with E-state index in [1.165, 1.54) is 11.8 Å². The largest absolute Gasteiger partial charge is 0.295 e. The molecule has 2 aromatic rings. The molecule has 0 fully saturated rings. The van der Waals surface area contributed by atoms with Crippen molar-refractivity contribution in [3.05, 3.63) is 45.2 Å². The molecule has 20 heavy (non-hydrogen) atoms. The van der Waals surface area contributed by atoms with Gasteiger partial charge in [-0.3, -0.25) is 4.79 Å². The summed E-state index contributed by atoms with van der Waals surface area (Å²) in [7, 11) is 0. The number of aromatic nitrogens is 2. The average Bonchev–Trinajstić information content (AvgIpc) is 2.38. The first-order valence-electron chi connectivity index (χ1n) is 6.18. The van der Waals surface area contributed by atoms with E-state index in [9.17, 15) is 4.79 Å². The highest BCUT2D eigenvalue weighted by Crippen LogP contribution is 2.32. The smallest absolute Gasteiger partial charge is 0.192 e. The van der Waals surface area contributed by atoms with Crippen molar-refractivity contribution in [2.24, 2.45) is 0 Å². The molecule has 0 aliphatic carbocycles. The van der Waals surface area contributed by atoms with Crippen molar-refractivity contribution in [2.45, 2.75) is 37.7 Å². The van der Waals surface area contributed by atoms with Crippen LogP contribution in [-0.2, 0) is 0 Å². The van der Waals surface area contributed by atoms with Gasteiger partial charge in [-0.25, -0.2) is 9.97 Å². The van der Waals surface area contributed by atoms with Crippen molar-refractivity contribution < 1.29 is 4.79 Å². The number of benzene rings is 1. The van der Waals surface area contributed by atoms with E-state index in [0.29, 0.717) is 5.56 Å². The quantitative estimate of drug-likeness (QED) is 0.602. The lowest BCUT2D eigenvalue weighted by molar-refractivity contribution is 0.101. The second-order valence-corrected chi connectivity index (χ2v) is 6.47. The van der Waals surface area contributed by atoms with Gasteiger partial charge >= 0.3 is 0 Å². The zero-order valence-electron chi connectivity index (χ0n) is 11.8. The van der Waals surface area contributed by atoms with E-state index < -0.39 is 0 Å². The van der Waals surface area contributed by atoms with Gasteiger partial charge in [0.1, 0.15) is 0 Å². The van der Waals surface area contributed by atoms with E-state index in [1.807, 2.05) is 39.0 Å². The Balaban J connectivity index is 2.33. The Morgan fingerprint density at radius 3 is 2.25 bits per heavy atom. The molecule has 0 atom stereocenters. The summed E-state index contributed by atoms with van der Waals surface area (Å²) in [6.45, 7) is 7.56. The Kier molecular flexibility index (Phi) is 4.60. The van der Waals surface area contributed by atoms with E-state index in [4.69, 9.17) is 0 Å². The van der Waals surface area contributed by atoms with Crippen molar-refractivity contribution in [1.29, 1.82) is 0 Å². The third kappa shape index (κ3) is 3.27. The number of carbonyl (C=O) groups excluding carboxylic acids is 1. The van der Waals surface area contributed by atoms with Crippen LogP contribution in [0.5, 0.6) is 0 Å². The molecule has 5 heteroatoms. The molecule has 0 N–H and O–H groups in total. The lowest BCUT2D eigenvalue weighted by Gasteiger charge is -2.08. The van der Waals surface area contributed by atoms with Crippen LogP contribution in [0.1, 0.15) is 34.2 Å². The maximum absolute atomic E-state index is 11.3. The normalized spacial score (nSPS) is 10.7. The summed E-state index contributed by atoms with van der Waals surface area (Å²) in [5.41, 5.74) is 3.81. The zero-order chi connectivity index (χ0) is 14.9. The first-order valence-corrected chi connectivity index (χ1v) is 7.79. The molecule has 1 aromatic heterocycles. The number of nitrogens with zero attached hydrogens (tertiary/aromatic N) is 2. The van der Waals surface area contributed by atoms with Gasteiger partial charge in [0.2, 0.25) is 0 Å². The molecule has 0 spiro atoms. The van der Waals surface area contributed by atoms with Gasteiger partial charge in [-0.2, -0.15) is 0 Å². The highest BCUT2D eigenvalue weighted by molar-refractivity contribution is 9.10. The molecule has 0 bridgehead atoms. The molecule has 104 valence electrons. The summed E-state index contributed by atoms with van der Waals surface area (Å²) < 4.78 is 0.884. The van der Waals surface area contributed by atoms with Gasteiger partial charge in [-0.1, -0.05) is 6.07 Å². The van der Waals surface area contributed by atoms with Crippen LogP contribution in [0.2, 0.25) is 0 Å². The number of hydrogen-bond acceptors (Lipinski definition) is 4. The van der Waals surface area contributed by atoms with Crippen LogP contribution in [0.25, 0.3) is 0 Å². The van der Waals surface area contributed by atoms with Crippen molar-refractivity contribution in [3.8, 4) is 0 Å². The number of hydrogen-bond donors (Lipinski definition) is 0. The van der Waals surface area contributed by atoms with Gasteiger partial charge in [-0.05, 0) is 73.1 Å². The van der Waals surface area contributed by atoms with Gasteiger partial charge in [0.05, 0.1) is 0 Å². The molecule has 3 nitrogen and oxygen atoms in total. The molecule has 0 aliphatic heterocycles. The van der Waals surface area contributed by atoms with Crippen LogP contribution in [0.4, 0.5) is 0 Å². The molecular weight excluding hydrogens is 336 g/mol. The summed E-state index contributed by atoms with van der Waals surface area (Å²) in [6.07, 6.45) is 0. The van der Waals surface area contributed by atoms with Crippen molar-refractivity contribution in [3.63, 3.8) is 0 Å². The fourth-order valence-electron chi connectivity index (χ4n) is 1.69. The Bertz CT molecular complexity index is 663. The molecular formula is C15H15BrN2OS. The maximum Gasteiger partial charge on any atom is 0.192 e. The van der Waals surface area contributed by atoms with Gasteiger partial charge in [0.25, 0.3) is 0 Å². The molecule has 0 unspecified atom stereocenters. The lowest BCUT2D eigenvalue weighted by atomic mass is 10.2. The SMILES string of the molecule is CC(=O)c1ccc(Sc2nc(C)c(C)c(C)n2)c(Br)c1. The average molecular weight is 351 g/mol. The van der Waals surface area contributed by atoms with Crippen LogP contribution in [0.15, 0.2) is 32.7 Å². The lowest BCUT2D eigenvalue weighted by Crippen LogP contribution is -1.98. The van der Waals surface area contributed by atoms with E-state index in [1.54, 1.807) is 6.92 Å². The number of halogens is 1. The first-order chi connectivity index (χ1) is 9.38. The Hall–Kier alpha value is -1.20. The minimum Gasteiger partial charge on any atom is -0.295 e. The molecule has 0 amide bonds. The zero-order valence-corrected chi connectivity index (χ0v) is 14.2. The molecule has 0 saturated carbocycles. The summed E-state index contributed by atoms with van der Waals surface area (Å²) in [5, 5.41) is 0.724. The Morgan fingerprint density at radius 2 is 1.75 bits per heavy atom. The number of rotatable bonds is 3. The number of aryl methyl sites for hydroxylation is 2. The Morgan fingerprint density at radius 1 is 1.15 bits per heavy atom. The second-order valence-electron chi connectivity index (χ2n) is 4.61. The fraction of sp³-hybridized carbons (Fsp3) is 0.267. The summed E-state index contributed by atoms with van der Waals surface area (Å²) in [5.74, 6) is 0.0560. The third-order valence-electron chi connectivity index (χ3n) is 3.15. The minimum atomic E-state index is 0.0560. The molecule has 1 aromatic carbocycles. The van der Waals surface area contributed by atoms with E-state index >= 15 is 0 Å². The Labute approximate surface area is 131 Å². The highest BCUT2D eigenvalue weighted by Gasteiger charge is 2.10. The second kappa shape index (κ2) is 6.06. The van der Waals surface area contributed by atoms with Gasteiger partial charge in [0, 0.05) is 26.3 Å². The molecule has 0 aliphatic rings. The van der Waals surface area contributed by atoms with Crippen LogP contribution in [0.3, 0.4) is 0 Å².